The van der Waals surface area contributed by atoms with E-state index in [0.29, 0.717) is 12.5 Å². The minimum Gasteiger partial charge on any atom is -0.342 e. The summed E-state index contributed by atoms with van der Waals surface area (Å²) in [6.07, 6.45) is 1.74. The smallest absolute Gasteiger partial charge is 0.269 e. The number of nitrogens with zero attached hydrogens (tertiary/aromatic N) is 2. The zero-order valence-corrected chi connectivity index (χ0v) is 11.5. The molecule has 1 aromatic heterocycles. The summed E-state index contributed by atoms with van der Waals surface area (Å²) in [6, 6.07) is 6.39. The molecular formula is C14H18N4O2. The summed E-state index contributed by atoms with van der Waals surface area (Å²) < 4.78 is 0. The molecule has 0 bridgehead atoms. The Labute approximate surface area is 117 Å². The molecule has 1 unspecified atom stereocenters. The summed E-state index contributed by atoms with van der Waals surface area (Å²) in [5, 5.41) is 10.6. The van der Waals surface area contributed by atoms with E-state index in [1.54, 1.807) is 18.3 Å². The second kappa shape index (κ2) is 5.83. The van der Waals surface area contributed by atoms with Gasteiger partial charge in [0.1, 0.15) is 5.82 Å². The third-order valence-corrected chi connectivity index (χ3v) is 3.39. The second-order valence-corrected chi connectivity index (χ2v) is 5.07. The molecule has 1 heterocycles. The maximum atomic E-state index is 10.6. The van der Waals surface area contributed by atoms with Crippen molar-refractivity contribution in [2.45, 2.75) is 19.8 Å². The van der Waals surface area contributed by atoms with Crippen LogP contribution in [0, 0.1) is 16.0 Å². The van der Waals surface area contributed by atoms with Crippen molar-refractivity contribution in [1.82, 2.24) is 9.97 Å². The predicted octanol–water partition coefficient (Wildman–Crippen LogP) is 2.68. The lowest BCUT2D eigenvalue weighted by Crippen LogP contribution is -2.19. The number of non-ortho nitro benzene ring substituents is 1. The van der Waals surface area contributed by atoms with Crippen LogP contribution >= 0.6 is 0 Å². The lowest BCUT2D eigenvalue weighted by Gasteiger charge is -2.15. The van der Waals surface area contributed by atoms with Gasteiger partial charge in [-0.3, -0.25) is 10.1 Å². The van der Waals surface area contributed by atoms with E-state index >= 15 is 0 Å². The fourth-order valence-corrected chi connectivity index (χ4v) is 2.13. The lowest BCUT2D eigenvalue weighted by molar-refractivity contribution is -0.384. The summed E-state index contributed by atoms with van der Waals surface area (Å²) >= 11 is 0. The summed E-state index contributed by atoms with van der Waals surface area (Å²) in [5.41, 5.74) is 7.56. The molecule has 0 saturated heterocycles. The highest BCUT2D eigenvalue weighted by molar-refractivity contribution is 5.60. The first-order chi connectivity index (χ1) is 9.52. The Bertz CT molecular complexity index is 589. The van der Waals surface area contributed by atoms with Crippen LogP contribution in [0.4, 0.5) is 5.69 Å². The first-order valence-corrected chi connectivity index (χ1v) is 6.52. The van der Waals surface area contributed by atoms with E-state index in [9.17, 15) is 10.1 Å². The molecule has 0 saturated carbocycles. The summed E-state index contributed by atoms with van der Waals surface area (Å²) in [6.45, 7) is 4.74. The molecule has 6 nitrogen and oxygen atoms in total. The average Bonchev–Trinajstić information content (AvgIpc) is 2.88. The SMILES string of the molecule is CC(C)C(CN)c1ncc(-c2ccc([N+](=O)[O-])cc2)[nH]1. The van der Waals surface area contributed by atoms with Crippen molar-refractivity contribution in [3.63, 3.8) is 0 Å². The zero-order chi connectivity index (χ0) is 14.7. The van der Waals surface area contributed by atoms with Gasteiger partial charge in [-0.1, -0.05) is 13.8 Å². The molecule has 1 aromatic carbocycles. The summed E-state index contributed by atoms with van der Waals surface area (Å²) in [7, 11) is 0. The van der Waals surface area contributed by atoms with Gasteiger partial charge in [-0.2, -0.15) is 0 Å². The maximum Gasteiger partial charge on any atom is 0.269 e. The van der Waals surface area contributed by atoms with Gasteiger partial charge in [-0.05, 0) is 18.1 Å². The number of benzene rings is 1. The zero-order valence-electron chi connectivity index (χ0n) is 11.5. The molecule has 0 aliphatic carbocycles. The molecule has 0 radical (unpaired) electrons. The lowest BCUT2D eigenvalue weighted by atomic mass is 9.95. The topological polar surface area (TPSA) is 97.8 Å². The molecule has 0 amide bonds. The van der Waals surface area contributed by atoms with Crippen LogP contribution in [-0.2, 0) is 0 Å². The minimum atomic E-state index is -0.411. The molecule has 3 N–H and O–H groups in total. The van der Waals surface area contributed by atoms with Crippen LogP contribution < -0.4 is 5.73 Å². The first kappa shape index (κ1) is 14.2. The van der Waals surface area contributed by atoms with Crippen LogP contribution in [0.1, 0.15) is 25.6 Å². The average molecular weight is 274 g/mol. The van der Waals surface area contributed by atoms with Gasteiger partial charge < -0.3 is 10.7 Å². The van der Waals surface area contributed by atoms with Gasteiger partial charge in [0, 0.05) is 30.2 Å². The predicted molar refractivity (Wildman–Crippen MR) is 77.3 cm³/mol. The summed E-state index contributed by atoms with van der Waals surface area (Å²) in [5.74, 6) is 1.44. The Morgan fingerprint density at radius 2 is 2.00 bits per heavy atom. The summed E-state index contributed by atoms with van der Waals surface area (Å²) in [4.78, 5) is 17.8. The number of rotatable bonds is 5. The Morgan fingerprint density at radius 3 is 2.50 bits per heavy atom. The van der Waals surface area contributed by atoms with Crippen molar-refractivity contribution in [2.75, 3.05) is 6.54 Å². The fourth-order valence-electron chi connectivity index (χ4n) is 2.13. The number of aromatic amines is 1. The van der Waals surface area contributed by atoms with E-state index in [0.717, 1.165) is 17.1 Å². The third-order valence-electron chi connectivity index (χ3n) is 3.39. The monoisotopic (exact) mass is 274 g/mol. The van der Waals surface area contributed by atoms with Gasteiger partial charge in [0.2, 0.25) is 0 Å². The standard InChI is InChI=1S/C14H18N4O2/c1-9(2)12(7-15)14-16-8-13(17-14)10-3-5-11(6-4-10)18(19)20/h3-6,8-9,12H,7,15H2,1-2H3,(H,16,17). The number of nitrogens with one attached hydrogen (secondary N) is 1. The molecule has 106 valence electrons. The molecule has 20 heavy (non-hydrogen) atoms. The first-order valence-electron chi connectivity index (χ1n) is 6.52. The molecule has 2 rings (SSSR count). The molecular weight excluding hydrogens is 256 g/mol. The molecule has 0 aliphatic heterocycles. The molecule has 0 aliphatic rings. The van der Waals surface area contributed by atoms with Crippen LogP contribution in [0.3, 0.4) is 0 Å². The molecule has 0 fully saturated rings. The Kier molecular flexibility index (Phi) is 4.14. The van der Waals surface area contributed by atoms with Crippen LogP contribution in [0.25, 0.3) is 11.3 Å². The van der Waals surface area contributed by atoms with E-state index in [1.165, 1.54) is 12.1 Å². The normalized spacial score (nSPS) is 12.6. The molecule has 1 atom stereocenters. The van der Waals surface area contributed by atoms with E-state index in [2.05, 4.69) is 23.8 Å². The largest absolute Gasteiger partial charge is 0.342 e. The maximum absolute atomic E-state index is 10.6. The van der Waals surface area contributed by atoms with Crippen LogP contribution in [-0.4, -0.2) is 21.4 Å². The number of H-pyrrole nitrogens is 1. The Balaban J connectivity index is 2.26. The number of aromatic nitrogens is 2. The van der Waals surface area contributed by atoms with Crippen molar-refractivity contribution in [3.05, 3.63) is 46.4 Å². The quantitative estimate of drug-likeness (QED) is 0.647. The highest BCUT2D eigenvalue weighted by Gasteiger charge is 2.17. The van der Waals surface area contributed by atoms with Crippen molar-refractivity contribution in [1.29, 1.82) is 0 Å². The number of nitro groups is 1. The van der Waals surface area contributed by atoms with Crippen molar-refractivity contribution in [2.24, 2.45) is 11.7 Å². The number of hydrogen-bond donors (Lipinski definition) is 2. The third kappa shape index (κ3) is 2.85. The van der Waals surface area contributed by atoms with E-state index in [-0.39, 0.29) is 11.6 Å². The number of nitro benzene ring substituents is 1. The van der Waals surface area contributed by atoms with Gasteiger partial charge in [-0.25, -0.2) is 4.98 Å². The van der Waals surface area contributed by atoms with Gasteiger partial charge in [0.15, 0.2) is 0 Å². The van der Waals surface area contributed by atoms with Gasteiger partial charge in [-0.15, -0.1) is 0 Å². The second-order valence-electron chi connectivity index (χ2n) is 5.07. The van der Waals surface area contributed by atoms with Crippen molar-refractivity contribution < 1.29 is 4.92 Å². The molecule has 0 spiro atoms. The van der Waals surface area contributed by atoms with E-state index < -0.39 is 4.92 Å². The Morgan fingerprint density at radius 1 is 1.35 bits per heavy atom. The van der Waals surface area contributed by atoms with Gasteiger partial charge in [0.05, 0.1) is 16.8 Å². The molecule has 6 heteroatoms. The minimum absolute atomic E-state index is 0.0792. The van der Waals surface area contributed by atoms with Gasteiger partial charge in [0.25, 0.3) is 5.69 Å². The molecule has 2 aromatic rings. The van der Waals surface area contributed by atoms with Crippen LogP contribution in [0.2, 0.25) is 0 Å². The highest BCUT2D eigenvalue weighted by Crippen LogP contribution is 2.25. The van der Waals surface area contributed by atoms with Gasteiger partial charge >= 0.3 is 0 Å². The Hall–Kier alpha value is -2.21. The number of nitrogens with two attached hydrogens (primary N) is 1. The van der Waals surface area contributed by atoms with Crippen molar-refractivity contribution in [3.8, 4) is 11.3 Å². The number of hydrogen-bond acceptors (Lipinski definition) is 4. The van der Waals surface area contributed by atoms with Crippen LogP contribution in [0.15, 0.2) is 30.5 Å². The van der Waals surface area contributed by atoms with Crippen LogP contribution in [0.5, 0.6) is 0 Å². The van der Waals surface area contributed by atoms with E-state index in [1.807, 2.05) is 0 Å². The van der Waals surface area contributed by atoms with Crippen molar-refractivity contribution >= 4 is 5.69 Å². The highest BCUT2D eigenvalue weighted by atomic mass is 16.6. The fraction of sp³-hybridized carbons (Fsp3) is 0.357. The van der Waals surface area contributed by atoms with E-state index in [4.69, 9.17) is 5.73 Å². The number of imidazole rings is 1.